The summed E-state index contributed by atoms with van der Waals surface area (Å²) in [5, 5.41) is 0. The lowest BCUT2D eigenvalue weighted by molar-refractivity contribution is -0.158. The molecule has 4 rings (SSSR count). The lowest BCUT2D eigenvalue weighted by Crippen LogP contribution is -2.52. The average molecular weight is 442 g/mol. The Bertz CT molecular complexity index is 1180. The summed E-state index contributed by atoms with van der Waals surface area (Å²) in [5.41, 5.74) is -0.00913. The number of benzene rings is 1. The highest BCUT2D eigenvalue weighted by molar-refractivity contribution is 5.95. The summed E-state index contributed by atoms with van der Waals surface area (Å²) in [6.07, 6.45) is 4.29. The first-order valence-corrected chi connectivity index (χ1v) is 10.5. The fraction of sp³-hybridized carbons (Fsp3) is 0.391. The quantitative estimate of drug-likeness (QED) is 0.567. The molecule has 1 fully saturated rings. The van der Waals surface area contributed by atoms with Gasteiger partial charge in [-0.1, -0.05) is 6.07 Å². The number of aryl methyl sites for hydroxylation is 1. The van der Waals surface area contributed by atoms with Crippen LogP contribution >= 0.6 is 0 Å². The Balaban J connectivity index is 1.69. The summed E-state index contributed by atoms with van der Waals surface area (Å²) in [7, 11) is 0. The summed E-state index contributed by atoms with van der Waals surface area (Å²) < 4.78 is 34.8. The number of amides is 1. The molecule has 168 valence electrons. The molecule has 32 heavy (non-hydrogen) atoms. The van der Waals surface area contributed by atoms with Crippen LogP contribution in [0.1, 0.15) is 41.5 Å². The van der Waals surface area contributed by atoms with Gasteiger partial charge in [0.05, 0.1) is 17.7 Å². The number of likely N-dealkylation sites (tertiary alicyclic amines) is 1. The average Bonchev–Trinajstić information content (AvgIpc) is 3.11. The maximum absolute atomic E-state index is 14.4. The second kappa shape index (κ2) is 8.64. The summed E-state index contributed by atoms with van der Waals surface area (Å²) in [6, 6.07) is 5.01. The van der Waals surface area contributed by atoms with Gasteiger partial charge in [-0.05, 0) is 50.8 Å². The molecule has 1 aliphatic heterocycles. The van der Waals surface area contributed by atoms with E-state index in [0.29, 0.717) is 36.6 Å². The van der Waals surface area contributed by atoms with Gasteiger partial charge in [0.25, 0.3) is 5.91 Å². The standard InChI is InChI=1S/C23H24F2N4O3/c1-3-32-21(31)23(13-16-6-7-17(24)12-18(16)25)8-4-10-28(14-23)20(30)19-15(2)27-22-26-9-5-11-29(19)22/h5-7,9,11-12H,3-4,8,10,13-14H2,1-2H3. The molecule has 1 unspecified atom stereocenters. The molecule has 3 aromatic rings. The number of hydrogen-bond donors (Lipinski definition) is 0. The minimum atomic E-state index is -1.13. The second-order valence-electron chi connectivity index (χ2n) is 8.08. The third kappa shape index (κ3) is 3.94. The van der Waals surface area contributed by atoms with E-state index in [4.69, 9.17) is 4.74 Å². The van der Waals surface area contributed by atoms with Crippen molar-refractivity contribution in [2.75, 3.05) is 19.7 Å². The lowest BCUT2D eigenvalue weighted by atomic mass is 9.74. The largest absolute Gasteiger partial charge is 0.466 e. The highest BCUT2D eigenvalue weighted by Crippen LogP contribution is 2.37. The van der Waals surface area contributed by atoms with Crippen LogP contribution < -0.4 is 0 Å². The molecule has 7 nitrogen and oxygen atoms in total. The number of nitrogens with zero attached hydrogens (tertiary/aromatic N) is 4. The van der Waals surface area contributed by atoms with Crippen molar-refractivity contribution in [1.82, 2.24) is 19.3 Å². The molecule has 1 aliphatic rings. The summed E-state index contributed by atoms with van der Waals surface area (Å²) >= 11 is 0. The van der Waals surface area contributed by atoms with Crippen LogP contribution in [-0.4, -0.2) is 50.8 Å². The van der Waals surface area contributed by atoms with Gasteiger partial charge in [-0.2, -0.15) is 0 Å². The van der Waals surface area contributed by atoms with Gasteiger partial charge < -0.3 is 9.64 Å². The zero-order valence-electron chi connectivity index (χ0n) is 18.0. The van der Waals surface area contributed by atoms with E-state index in [1.807, 2.05) is 0 Å². The van der Waals surface area contributed by atoms with Crippen LogP contribution in [0.3, 0.4) is 0 Å². The van der Waals surface area contributed by atoms with E-state index in [0.717, 1.165) is 12.1 Å². The molecule has 2 aromatic heterocycles. The molecule has 1 atom stereocenters. The first-order valence-electron chi connectivity index (χ1n) is 10.5. The van der Waals surface area contributed by atoms with Crippen molar-refractivity contribution < 1.29 is 23.1 Å². The highest BCUT2D eigenvalue weighted by Gasteiger charge is 2.46. The van der Waals surface area contributed by atoms with E-state index >= 15 is 0 Å². The van der Waals surface area contributed by atoms with Crippen LogP contribution in [0.25, 0.3) is 5.78 Å². The molecule has 0 spiro atoms. The van der Waals surface area contributed by atoms with Crippen molar-refractivity contribution in [3.63, 3.8) is 0 Å². The van der Waals surface area contributed by atoms with Gasteiger partial charge in [-0.3, -0.25) is 14.0 Å². The molecule has 9 heteroatoms. The number of ether oxygens (including phenoxy) is 1. The van der Waals surface area contributed by atoms with Crippen molar-refractivity contribution in [3.8, 4) is 0 Å². The number of piperidine rings is 1. The third-order valence-electron chi connectivity index (χ3n) is 5.90. The Labute approximate surface area is 184 Å². The summed E-state index contributed by atoms with van der Waals surface area (Å²) in [6.45, 7) is 4.11. The molecule has 1 saturated heterocycles. The Kier molecular flexibility index (Phi) is 5.90. The molecule has 0 N–H and O–H groups in total. The number of fused-ring (bicyclic) bond motifs is 1. The van der Waals surface area contributed by atoms with Crippen LogP contribution in [0, 0.1) is 24.0 Å². The smallest absolute Gasteiger partial charge is 0.314 e. The van der Waals surface area contributed by atoms with Crippen molar-refractivity contribution in [2.24, 2.45) is 5.41 Å². The van der Waals surface area contributed by atoms with Gasteiger partial charge in [-0.15, -0.1) is 0 Å². The van der Waals surface area contributed by atoms with Gasteiger partial charge in [0, 0.05) is 31.5 Å². The highest BCUT2D eigenvalue weighted by atomic mass is 19.1. The SMILES string of the molecule is CCOC(=O)C1(Cc2ccc(F)cc2F)CCCN(C(=O)c2c(C)nc3ncccn23)C1. The zero-order valence-corrected chi connectivity index (χ0v) is 18.0. The van der Waals surface area contributed by atoms with Gasteiger partial charge in [0.15, 0.2) is 0 Å². The fourth-order valence-corrected chi connectivity index (χ4v) is 4.41. The zero-order chi connectivity index (χ0) is 22.9. The van der Waals surface area contributed by atoms with E-state index in [9.17, 15) is 18.4 Å². The predicted molar refractivity (Wildman–Crippen MR) is 112 cm³/mol. The molecule has 3 heterocycles. The number of rotatable bonds is 5. The van der Waals surface area contributed by atoms with Crippen molar-refractivity contribution in [1.29, 1.82) is 0 Å². The predicted octanol–water partition coefficient (Wildman–Crippen LogP) is 3.34. The van der Waals surface area contributed by atoms with E-state index in [2.05, 4.69) is 9.97 Å². The molecule has 1 amide bonds. The van der Waals surface area contributed by atoms with Gasteiger partial charge in [0.1, 0.15) is 17.3 Å². The number of carbonyl (C=O) groups excluding carboxylic acids is 2. The molecule has 1 aromatic carbocycles. The fourth-order valence-electron chi connectivity index (χ4n) is 4.41. The van der Waals surface area contributed by atoms with Crippen molar-refractivity contribution in [3.05, 3.63) is 65.2 Å². The van der Waals surface area contributed by atoms with Crippen molar-refractivity contribution in [2.45, 2.75) is 33.1 Å². The Hall–Kier alpha value is -3.36. The van der Waals surface area contributed by atoms with Crippen LogP contribution in [-0.2, 0) is 16.0 Å². The number of imidazole rings is 1. The Morgan fingerprint density at radius 1 is 1.28 bits per heavy atom. The number of hydrogen-bond acceptors (Lipinski definition) is 5. The maximum atomic E-state index is 14.4. The molecule has 0 aliphatic carbocycles. The first kappa shape index (κ1) is 21.9. The lowest BCUT2D eigenvalue weighted by Gasteiger charge is -2.41. The third-order valence-corrected chi connectivity index (χ3v) is 5.90. The minimum Gasteiger partial charge on any atom is -0.466 e. The molecular weight excluding hydrogens is 418 g/mol. The van der Waals surface area contributed by atoms with E-state index < -0.39 is 23.0 Å². The topological polar surface area (TPSA) is 76.8 Å². The molecule has 0 saturated carbocycles. The summed E-state index contributed by atoms with van der Waals surface area (Å²) in [5.74, 6) is -1.77. The van der Waals surface area contributed by atoms with Gasteiger partial charge >= 0.3 is 5.97 Å². The number of halogens is 2. The Morgan fingerprint density at radius 2 is 2.09 bits per heavy atom. The van der Waals surface area contributed by atoms with Crippen molar-refractivity contribution >= 4 is 17.7 Å². The molecule has 0 bridgehead atoms. The minimum absolute atomic E-state index is 0.00934. The van der Waals surface area contributed by atoms with Crippen LogP contribution in [0.2, 0.25) is 0 Å². The van der Waals surface area contributed by atoms with Crippen LogP contribution in [0.15, 0.2) is 36.7 Å². The Morgan fingerprint density at radius 3 is 2.84 bits per heavy atom. The van der Waals surface area contributed by atoms with Crippen LogP contribution in [0.4, 0.5) is 8.78 Å². The van der Waals surface area contributed by atoms with Crippen LogP contribution in [0.5, 0.6) is 0 Å². The normalized spacial score (nSPS) is 18.7. The number of carbonyl (C=O) groups is 2. The second-order valence-corrected chi connectivity index (χ2v) is 8.08. The van der Waals surface area contributed by atoms with E-state index in [-0.39, 0.29) is 31.0 Å². The summed E-state index contributed by atoms with van der Waals surface area (Å²) in [4.78, 5) is 36.7. The van der Waals surface area contributed by atoms with E-state index in [1.54, 1.807) is 41.6 Å². The number of aromatic nitrogens is 3. The van der Waals surface area contributed by atoms with E-state index in [1.165, 1.54) is 6.07 Å². The number of esters is 1. The molecular formula is C23H24F2N4O3. The maximum Gasteiger partial charge on any atom is 0.314 e. The van der Waals surface area contributed by atoms with Gasteiger partial charge in [0.2, 0.25) is 5.78 Å². The molecule has 0 radical (unpaired) electrons. The monoisotopic (exact) mass is 442 g/mol. The van der Waals surface area contributed by atoms with Gasteiger partial charge in [-0.25, -0.2) is 18.7 Å². The first-order chi connectivity index (χ1) is 15.3.